The van der Waals surface area contributed by atoms with Gasteiger partial charge in [0.05, 0.1) is 5.69 Å². The normalized spacial score (nSPS) is 12.4. The van der Waals surface area contributed by atoms with Gasteiger partial charge in [0, 0.05) is 0 Å². The minimum absolute atomic E-state index is 0.309. The van der Waals surface area contributed by atoms with E-state index in [0.29, 0.717) is 11.5 Å². The Labute approximate surface area is 96.5 Å². The number of carbonyl (C=O) groups is 1. The molecule has 2 aromatic rings. The maximum absolute atomic E-state index is 12.8. The second-order valence-electron chi connectivity index (χ2n) is 3.57. The van der Waals surface area contributed by atoms with Crippen LogP contribution in [0, 0.1) is 5.82 Å². The molecule has 0 saturated heterocycles. The van der Waals surface area contributed by atoms with Gasteiger partial charge in [-0.25, -0.2) is 14.1 Å². The predicted molar refractivity (Wildman–Crippen MR) is 57.4 cm³/mol. The number of aromatic nitrogens is 3. The zero-order valence-corrected chi connectivity index (χ0v) is 9.04. The van der Waals surface area contributed by atoms with Crippen LogP contribution in [0.3, 0.4) is 0 Å². The van der Waals surface area contributed by atoms with Gasteiger partial charge in [0.2, 0.25) is 0 Å². The van der Waals surface area contributed by atoms with Crippen molar-refractivity contribution < 1.29 is 14.3 Å². The highest BCUT2D eigenvalue weighted by atomic mass is 19.1. The summed E-state index contributed by atoms with van der Waals surface area (Å²) in [6.45, 7) is 1.52. The van der Waals surface area contributed by atoms with E-state index in [1.165, 1.54) is 42.2 Å². The van der Waals surface area contributed by atoms with Crippen molar-refractivity contribution in [2.75, 3.05) is 0 Å². The summed E-state index contributed by atoms with van der Waals surface area (Å²) >= 11 is 0. The minimum atomic E-state index is -0.985. The van der Waals surface area contributed by atoms with Gasteiger partial charge in [-0.15, -0.1) is 0 Å². The Kier molecular flexibility index (Phi) is 2.86. The topological polar surface area (TPSA) is 68.0 Å². The molecule has 0 radical (unpaired) electrons. The Morgan fingerprint density at radius 1 is 1.41 bits per heavy atom. The molecule has 0 aliphatic heterocycles. The van der Waals surface area contributed by atoms with E-state index in [2.05, 4.69) is 10.1 Å². The molecule has 0 saturated carbocycles. The number of hydrogen-bond acceptors (Lipinski definition) is 3. The van der Waals surface area contributed by atoms with Gasteiger partial charge in [-0.3, -0.25) is 4.79 Å². The van der Waals surface area contributed by atoms with Crippen LogP contribution in [0.5, 0.6) is 0 Å². The average molecular weight is 235 g/mol. The van der Waals surface area contributed by atoms with Crippen molar-refractivity contribution in [1.82, 2.24) is 14.8 Å². The summed E-state index contributed by atoms with van der Waals surface area (Å²) in [6.07, 6.45) is 1.28. The Morgan fingerprint density at radius 3 is 2.65 bits per heavy atom. The van der Waals surface area contributed by atoms with E-state index in [1.807, 2.05) is 0 Å². The van der Waals surface area contributed by atoms with Gasteiger partial charge in [0.25, 0.3) is 0 Å². The van der Waals surface area contributed by atoms with Gasteiger partial charge in [0.1, 0.15) is 23.9 Å². The molecule has 88 valence electrons. The van der Waals surface area contributed by atoms with Gasteiger partial charge in [-0.05, 0) is 31.2 Å². The maximum atomic E-state index is 12.8. The van der Waals surface area contributed by atoms with E-state index in [0.717, 1.165) is 0 Å². The van der Waals surface area contributed by atoms with E-state index in [4.69, 9.17) is 5.11 Å². The van der Waals surface area contributed by atoms with Crippen molar-refractivity contribution >= 4 is 5.97 Å². The Morgan fingerprint density at radius 2 is 2.06 bits per heavy atom. The molecule has 0 spiro atoms. The fourth-order valence-electron chi connectivity index (χ4n) is 1.44. The molecule has 1 aromatic carbocycles. The molecule has 0 bridgehead atoms. The van der Waals surface area contributed by atoms with Crippen molar-refractivity contribution in [2.45, 2.75) is 12.8 Å². The van der Waals surface area contributed by atoms with Gasteiger partial charge in [0.15, 0.2) is 0 Å². The summed E-state index contributed by atoms with van der Waals surface area (Å²) in [4.78, 5) is 14.8. The Hall–Kier alpha value is -2.24. The van der Waals surface area contributed by atoms with Gasteiger partial charge >= 0.3 is 5.97 Å². The number of nitrogens with zero attached hydrogens (tertiary/aromatic N) is 3. The van der Waals surface area contributed by atoms with Gasteiger partial charge < -0.3 is 5.11 Å². The zero-order chi connectivity index (χ0) is 12.4. The number of benzene rings is 1. The SMILES string of the molecule is CC(C(=O)O)c1ncnn1-c1ccc(F)cc1. The molecule has 0 aliphatic rings. The molecule has 0 aliphatic carbocycles. The summed E-state index contributed by atoms with van der Waals surface area (Å²) in [5.41, 5.74) is 0.576. The van der Waals surface area contributed by atoms with Gasteiger partial charge in [-0.1, -0.05) is 0 Å². The summed E-state index contributed by atoms with van der Waals surface area (Å²) < 4.78 is 14.2. The monoisotopic (exact) mass is 235 g/mol. The van der Waals surface area contributed by atoms with Crippen LogP contribution in [0.25, 0.3) is 5.69 Å². The standard InChI is InChI=1S/C11H10FN3O2/c1-7(11(16)17)10-13-6-14-15(10)9-4-2-8(12)3-5-9/h2-7H,1H3,(H,16,17). The minimum Gasteiger partial charge on any atom is -0.481 e. The molecule has 17 heavy (non-hydrogen) atoms. The van der Waals surface area contributed by atoms with Crippen molar-refractivity contribution in [3.63, 3.8) is 0 Å². The van der Waals surface area contributed by atoms with Crippen LogP contribution < -0.4 is 0 Å². The average Bonchev–Trinajstić information content (AvgIpc) is 2.77. The maximum Gasteiger partial charge on any atom is 0.313 e. The van der Waals surface area contributed by atoms with E-state index in [-0.39, 0.29) is 5.82 Å². The molecule has 6 heteroatoms. The highest BCUT2D eigenvalue weighted by Gasteiger charge is 2.20. The summed E-state index contributed by atoms with van der Waals surface area (Å²) in [5, 5.41) is 12.9. The second-order valence-corrected chi connectivity index (χ2v) is 3.57. The first-order valence-corrected chi connectivity index (χ1v) is 4.98. The highest BCUT2D eigenvalue weighted by molar-refractivity contribution is 5.74. The number of halogens is 1. The summed E-state index contributed by atoms with van der Waals surface area (Å²) in [6, 6.07) is 5.60. The van der Waals surface area contributed by atoms with E-state index in [9.17, 15) is 9.18 Å². The Balaban J connectivity index is 2.43. The van der Waals surface area contributed by atoms with Crippen LogP contribution in [0.15, 0.2) is 30.6 Å². The number of carboxylic acid groups (broad SMARTS) is 1. The third kappa shape index (κ3) is 2.15. The predicted octanol–water partition coefficient (Wildman–Crippen LogP) is 1.59. The molecular formula is C11H10FN3O2. The number of carboxylic acids is 1. The fourth-order valence-corrected chi connectivity index (χ4v) is 1.44. The third-order valence-electron chi connectivity index (χ3n) is 2.40. The van der Waals surface area contributed by atoms with Crippen LogP contribution in [0.2, 0.25) is 0 Å². The van der Waals surface area contributed by atoms with Crippen molar-refractivity contribution in [3.05, 3.63) is 42.2 Å². The van der Waals surface area contributed by atoms with E-state index in [1.54, 1.807) is 0 Å². The van der Waals surface area contributed by atoms with Gasteiger partial charge in [-0.2, -0.15) is 5.10 Å². The van der Waals surface area contributed by atoms with Crippen molar-refractivity contribution in [2.24, 2.45) is 0 Å². The van der Waals surface area contributed by atoms with Crippen LogP contribution in [-0.2, 0) is 4.79 Å². The first-order valence-electron chi connectivity index (χ1n) is 4.98. The number of rotatable bonds is 3. The zero-order valence-electron chi connectivity index (χ0n) is 9.04. The molecule has 1 aromatic heterocycles. The van der Waals surface area contributed by atoms with Crippen LogP contribution in [-0.4, -0.2) is 25.8 Å². The molecule has 2 rings (SSSR count). The quantitative estimate of drug-likeness (QED) is 0.877. The first-order chi connectivity index (χ1) is 8.09. The third-order valence-corrected chi connectivity index (χ3v) is 2.40. The largest absolute Gasteiger partial charge is 0.481 e. The molecule has 1 N–H and O–H groups in total. The molecular weight excluding hydrogens is 225 g/mol. The first kappa shape index (κ1) is 11.3. The van der Waals surface area contributed by atoms with E-state index < -0.39 is 11.9 Å². The van der Waals surface area contributed by atoms with Crippen molar-refractivity contribution in [1.29, 1.82) is 0 Å². The lowest BCUT2D eigenvalue weighted by atomic mass is 10.1. The number of aliphatic carboxylic acids is 1. The van der Waals surface area contributed by atoms with Crippen molar-refractivity contribution in [3.8, 4) is 5.69 Å². The van der Waals surface area contributed by atoms with Crippen LogP contribution >= 0.6 is 0 Å². The lowest BCUT2D eigenvalue weighted by molar-refractivity contribution is -0.138. The summed E-state index contributed by atoms with van der Waals surface area (Å²) in [5.74, 6) is -1.81. The molecule has 1 heterocycles. The molecule has 0 amide bonds. The second kappa shape index (κ2) is 4.32. The molecule has 1 unspecified atom stereocenters. The lowest BCUT2D eigenvalue weighted by Gasteiger charge is -2.08. The molecule has 1 atom stereocenters. The van der Waals surface area contributed by atoms with Crippen LogP contribution in [0.1, 0.15) is 18.7 Å². The van der Waals surface area contributed by atoms with Crippen LogP contribution in [0.4, 0.5) is 4.39 Å². The highest BCUT2D eigenvalue weighted by Crippen LogP contribution is 2.16. The number of hydrogen-bond donors (Lipinski definition) is 1. The molecule has 0 fully saturated rings. The lowest BCUT2D eigenvalue weighted by Crippen LogP contribution is -2.14. The Bertz CT molecular complexity index is 536. The fraction of sp³-hybridized carbons (Fsp3) is 0.182. The molecule has 5 nitrogen and oxygen atoms in total. The van der Waals surface area contributed by atoms with E-state index >= 15 is 0 Å². The summed E-state index contributed by atoms with van der Waals surface area (Å²) in [7, 11) is 0. The smallest absolute Gasteiger partial charge is 0.313 e.